The average molecular weight is 174 g/mol. The van der Waals surface area contributed by atoms with Crippen LogP contribution in [0.15, 0.2) is 0 Å². The van der Waals surface area contributed by atoms with Gasteiger partial charge in [0.25, 0.3) is 0 Å². The van der Waals surface area contributed by atoms with E-state index in [4.69, 9.17) is 4.74 Å². The summed E-state index contributed by atoms with van der Waals surface area (Å²) in [5.41, 5.74) is 0.261. The average Bonchev–Trinajstić information content (AvgIpc) is 2.69. The molecule has 1 aliphatic heterocycles. The molecule has 0 aliphatic carbocycles. The molecule has 1 heterocycles. The normalized spacial score (nSPS) is 28.9. The second-order valence-electron chi connectivity index (χ2n) is 3.50. The lowest BCUT2D eigenvalue weighted by molar-refractivity contribution is 0.348. The number of rotatable bonds is 6. The quantitative estimate of drug-likeness (QED) is 0.453. The molecule has 0 bridgehead atoms. The molecule has 1 fully saturated rings. The zero-order valence-electron chi connectivity index (χ0n) is 7.56. The second kappa shape index (κ2) is 4.36. The molecule has 0 spiro atoms. The van der Waals surface area contributed by atoms with Crippen LogP contribution in [-0.4, -0.2) is 23.7 Å². The molecule has 1 saturated heterocycles. The SMILES string of the molecule is CCCCCSCC1(C)CO1. The molecule has 0 amide bonds. The molecule has 0 N–H and O–H groups in total. The van der Waals surface area contributed by atoms with Gasteiger partial charge in [-0.15, -0.1) is 0 Å². The third-order valence-electron chi connectivity index (χ3n) is 1.94. The summed E-state index contributed by atoms with van der Waals surface area (Å²) in [6.07, 6.45) is 4.08. The van der Waals surface area contributed by atoms with Gasteiger partial charge < -0.3 is 4.74 Å². The van der Waals surface area contributed by atoms with Crippen LogP contribution in [0.1, 0.15) is 33.1 Å². The molecule has 0 aromatic rings. The van der Waals surface area contributed by atoms with Gasteiger partial charge in [0.2, 0.25) is 0 Å². The van der Waals surface area contributed by atoms with Gasteiger partial charge in [-0.05, 0) is 19.1 Å². The van der Waals surface area contributed by atoms with Gasteiger partial charge in [-0.2, -0.15) is 11.8 Å². The van der Waals surface area contributed by atoms with Crippen molar-refractivity contribution in [3.05, 3.63) is 0 Å². The third kappa shape index (κ3) is 4.02. The number of unbranched alkanes of at least 4 members (excludes halogenated alkanes) is 2. The van der Waals surface area contributed by atoms with E-state index in [0.717, 1.165) is 6.61 Å². The van der Waals surface area contributed by atoms with Crippen molar-refractivity contribution in [3.63, 3.8) is 0 Å². The summed E-state index contributed by atoms with van der Waals surface area (Å²) in [7, 11) is 0. The summed E-state index contributed by atoms with van der Waals surface area (Å²) in [6, 6.07) is 0. The van der Waals surface area contributed by atoms with Gasteiger partial charge in [-0.3, -0.25) is 0 Å². The van der Waals surface area contributed by atoms with Gasteiger partial charge in [0.05, 0.1) is 12.2 Å². The van der Waals surface area contributed by atoms with Crippen LogP contribution in [0.3, 0.4) is 0 Å². The summed E-state index contributed by atoms with van der Waals surface area (Å²) in [5, 5.41) is 0. The molecule has 0 saturated carbocycles. The number of thioether (sulfide) groups is 1. The molecule has 0 aromatic heterocycles. The van der Waals surface area contributed by atoms with E-state index in [9.17, 15) is 0 Å². The van der Waals surface area contributed by atoms with Crippen LogP contribution in [0.25, 0.3) is 0 Å². The van der Waals surface area contributed by atoms with Crippen LogP contribution in [0.4, 0.5) is 0 Å². The van der Waals surface area contributed by atoms with Crippen molar-refractivity contribution in [2.24, 2.45) is 0 Å². The zero-order chi connectivity index (χ0) is 8.16. The highest BCUT2D eigenvalue weighted by Gasteiger charge is 2.38. The van der Waals surface area contributed by atoms with E-state index in [-0.39, 0.29) is 5.60 Å². The van der Waals surface area contributed by atoms with Crippen LogP contribution in [0, 0.1) is 0 Å². The summed E-state index contributed by atoms with van der Waals surface area (Å²) in [5.74, 6) is 2.50. The third-order valence-corrected chi connectivity index (χ3v) is 3.33. The van der Waals surface area contributed by atoms with Gasteiger partial charge in [-0.1, -0.05) is 19.8 Å². The monoisotopic (exact) mass is 174 g/mol. The lowest BCUT2D eigenvalue weighted by Gasteiger charge is -2.03. The summed E-state index contributed by atoms with van der Waals surface area (Å²) < 4.78 is 5.28. The van der Waals surface area contributed by atoms with E-state index in [2.05, 4.69) is 13.8 Å². The fourth-order valence-electron chi connectivity index (χ4n) is 0.949. The smallest absolute Gasteiger partial charge is 0.0978 e. The Morgan fingerprint density at radius 1 is 1.45 bits per heavy atom. The number of hydrogen-bond acceptors (Lipinski definition) is 2. The predicted octanol–water partition coefficient (Wildman–Crippen LogP) is 2.70. The van der Waals surface area contributed by atoms with Crippen molar-refractivity contribution < 1.29 is 4.74 Å². The standard InChI is InChI=1S/C9H18OS/c1-3-4-5-6-11-8-9(2)7-10-9/h3-8H2,1-2H3. The van der Waals surface area contributed by atoms with E-state index in [1.54, 1.807) is 0 Å². The Morgan fingerprint density at radius 3 is 2.73 bits per heavy atom. The Hall–Kier alpha value is 0.310. The van der Waals surface area contributed by atoms with Crippen LogP contribution in [0.2, 0.25) is 0 Å². The topological polar surface area (TPSA) is 12.5 Å². The predicted molar refractivity (Wildman–Crippen MR) is 51.2 cm³/mol. The molecule has 1 aliphatic rings. The molecular formula is C9H18OS. The minimum absolute atomic E-state index is 0.261. The van der Waals surface area contributed by atoms with E-state index < -0.39 is 0 Å². The Labute approximate surface area is 73.9 Å². The van der Waals surface area contributed by atoms with Crippen molar-refractivity contribution in [1.29, 1.82) is 0 Å². The van der Waals surface area contributed by atoms with Gasteiger partial charge in [0, 0.05) is 5.75 Å². The van der Waals surface area contributed by atoms with Gasteiger partial charge >= 0.3 is 0 Å². The molecule has 11 heavy (non-hydrogen) atoms. The Morgan fingerprint density at radius 2 is 2.18 bits per heavy atom. The van der Waals surface area contributed by atoms with Crippen LogP contribution < -0.4 is 0 Å². The van der Waals surface area contributed by atoms with Crippen molar-refractivity contribution in [3.8, 4) is 0 Å². The van der Waals surface area contributed by atoms with Crippen molar-refractivity contribution in [2.75, 3.05) is 18.1 Å². The minimum atomic E-state index is 0.261. The molecule has 66 valence electrons. The molecule has 2 heteroatoms. The maximum absolute atomic E-state index is 5.28. The van der Waals surface area contributed by atoms with Crippen molar-refractivity contribution in [1.82, 2.24) is 0 Å². The van der Waals surface area contributed by atoms with Gasteiger partial charge in [0.1, 0.15) is 0 Å². The largest absolute Gasteiger partial charge is 0.369 e. The maximum Gasteiger partial charge on any atom is 0.0978 e. The van der Waals surface area contributed by atoms with E-state index >= 15 is 0 Å². The first-order chi connectivity index (χ1) is 5.27. The van der Waals surface area contributed by atoms with Crippen LogP contribution in [0.5, 0.6) is 0 Å². The van der Waals surface area contributed by atoms with E-state index in [1.165, 1.54) is 30.8 Å². The number of ether oxygens (including phenoxy) is 1. The molecule has 1 nitrogen and oxygen atoms in total. The zero-order valence-corrected chi connectivity index (χ0v) is 8.38. The second-order valence-corrected chi connectivity index (χ2v) is 4.60. The maximum atomic E-state index is 5.28. The molecule has 1 unspecified atom stereocenters. The number of epoxide rings is 1. The first kappa shape index (κ1) is 9.40. The van der Waals surface area contributed by atoms with Crippen molar-refractivity contribution >= 4 is 11.8 Å². The highest BCUT2D eigenvalue weighted by molar-refractivity contribution is 7.99. The van der Waals surface area contributed by atoms with E-state index in [0.29, 0.717) is 0 Å². The first-order valence-electron chi connectivity index (χ1n) is 4.48. The Balaban J connectivity index is 1.81. The van der Waals surface area contributed by atoms with Gasteiger partial charge in [-0.25, -0.2) is 0 Å². The summed E-state index contributed by atoms with van der Waals surface area (Å²) in [4.78, 5) is 0. The lowest BCUT2D eigenvalue weighted by atomic mass is 10.3. The van der Waals surface area contributed by atoms with Crippen LogP contribution >= 0.6 is 11.8 Å². The van der Waals surface area contributed by atoms with Gasteiger partial charge in [0.15, 0.2) is 0 Å². The summed E-state index contributed by atoms with van der Waals surface area (Å²) in [6.45, 7) is 5.42. The molecular weight excluding hydrogens is 156 g/mol. The lowest BCUT2D eigenvalue weighted by Crippen LogP contribution is -2.07. The Bertz CT molecular complexity index is 110. The summed E-state index contributed by atoms with van der Waals surface area (Å²) >= 11 is 2.04. The first-order valence-corrected chi connectivity index (χ1v) is 5.64. The van der Waals surface area contributed by atoms with E-state index in [1.807, 2.05) is 11.8 Å². The molecule has 0 radical (unpaired) electrons. The molecule has 1 atom stereocenters. The highest BCUT2D eigenvalue weighted by Crippen LogP contribution is 2.30. The number of hydrogen-bond donors (Lipinski definition) is 0. The van der Waals surface area contributed by atoms with Crippen LogP contribution in [-0.2, 0) is 4.74 Å². The Kier molecular flexibility index (Phi) is 3.73. The minimum Gasteiger partial charge on any atom is -0.369 e. The fourth-order valence-corrected chi connectivity index (χ4v) is 2.10. The molecule has 1 rings (SSSR count). The fraction of sp³-hybridized carbons (Fsp3) is 1.00. The highest BCUT2D eigenvalue weighted by atomic mass is 32.2. The van der Waals surface area contributed by atoms with Crippen molar-refractivity contribution in [2.45, 2.75) is 38.7 Å². The molecule has 0 aromatic carbocycles.